The van der Waals surface area contributed by atoms with E-state index in [2.05, 4.69) is 20.4 Å². The molecule has 146 valence electrons. The van der Waals surface area contributed by atoms with Gasteiger partial charge in [-0.25, -0.2) is 14.6 Å². The van der Waals surface area contributed by atoms with Crippen molar-refractivity contribution >= 4 is 46.0 Å². The third-order valence-electron chi connectivity index (χ3n) is 4.50. The minimum Gasteiger partial charge on any atom is -0.325 e. The van der Waals surface area contributed by atoms with E-state index in [-0.39, 0.29) is 11.7 Å². The number of carbonyl (C=O) groups is 1. The lowest BCUT2D eigenvalue weighted by Crippen LogP contribution is -2.15. The third-order valence-corrected chi connectivity index (χ3v) is 5.82. The maximum Gasteiger partial charge on any atom is 0.234 e. The number of anilines is 1. The van der Waals surface area contributed by atoms with Crippen LogP contribution >= 0.6 is 23.4 Å². The number of nitrogens with one attached hydrogen (secondary N) is 1. The van der Waals surface area contributed by atoms with Crippen LogP contribution in [0.4, 0.5) is 5.69 Å². The van der Waals surface area contributed by atoms with Crippen molar-refractivity contribution in [3.8, 4) is 5.69 Å². The Morgan fingerprint density at radius 1 is 1.10 bits per heavy atom. The fraction of sp³-hybridized carbons (Fsp3) is 0.143. The average molecular weight is 424 g/mol. The molecule has 0 aliphatic carbocycles. The minimum atomic E-state index is -0.0855. The van der Waals surface area contributed by atoms with E-state index in [9.17, 15) is 4.79 Å². The van der Waals surface area contributed by atoms with Crippen LogP contribution in [0.15, 0.2) is 60.0 Å². The van der Waals surface area contributed by atoms with E-state index in [1.54, 1.807) is 16.9 Å². The van der Waals surface area contributed by atoms with Gasteiger partial charge < -0.3 is 5.32 Å². The second-order valence-electron chi connectivity index (χ2n) is 6.53. The van der Waals surface area contributed by atoms with Crippen LogP contribution in [-0.2, 0) is 4.79 Å². The summed E-state index contributed by atoms with van der Waals surface area (Å²) in [7, 11) is 0. The van der Waals surface area contributed by atoms with Crippen LogP contribution in [0.5, 0.6) is 0 Å². The van der Waals surface area contributed by atoms with Crippen LogP contribution in [0.25, 0.3) is 16.7 Å². The number of fused-ring (bicyclic) bond motifs is 1. The standard InChI is InChI=1S/C21H18ClN5OS/c1-13-6-5-7-14(2)19(13)26-18(28)11-29-21-15-10-25-27(20(15)23-12-24-21)17-9-4-3-8-16(17)22/h3-10,12H,11H2,1-2H3,(H,26,28). The molecule has 0 unspecified atom stereocenters. The van der Waals surface area contributed by atoms with Crippen LogP contribution in [0.2, 0.25) is 5.02 Å². The van der Waals surface area contributed by atoms with Crippen molar-refractivity contribution in [3.63, 3.8) is 0 Å². The van der Waals surface area contributed by atoms with Crippen molar-refractivity contribution in [2.45, 2.75) is 18.9 Å². The fourth-order valence-electron chi connectivity index (χ4n) is 3.06. The normalized spacial score (nSPS) is 11.0. The van der Waals surface area contributed by atoms with Gasteiger partial charge in [-0.2, -0.15) is 5.10 Å². The number of hydrogen-bond donors (Lipinski definition) is 1. The zero-order valence-electron chi connectivity index (χ0n) is 15.9. The van der Waals surface area contributed by atoms with Gasteiger partial charge in [0.15, 0.2) is 5.65 Å². The van der Waals surface area contributed by atoms with Crippen LogP contribution in [0.1, 0.15) is 11.1 Å². The average Bonchev–Trinajstić information content (AvgIpc) is 3.14. The van der Waals surface area contributed by atoms with E-state index in [1.165, 1.54) is 18.1 Å². The molecule has 4 aromatic rings. The number of para-hydroxylation sites is 2. The van der Waals surface area contributed by atoms with Gasteiger partial charge in [0.25, 0.3) is 0 Å². The van der Waals surface area contributed by atoms with Crippen LogP contribution in [0.3, 0.4) is 0 Å². The molecule has 0 spiro atoms. The van der Waals surface area contributed by atoms with Crippen LogP contribution in [0, 0.1) is 13.8 Å². The largest absolute Gasteiger partial charge is 0.325 e. The number of aromatic nitrogens is 4. The lowest BCUT2D eigenvalue weighted by Gasteiger charge is -2.11. The first-order valence-corrected chi connectivity index (χ1v) is 10.3. The fourth-order valence-corrected chi connectivity index (χ4v) is 4.04. The molecule has 2 aromatic heterocycles. The molecule has 0 saturated carbocycles. The Bertz CT molecular complexity index is 1190. The zero-order chi connectivity index (χ0) is 20.4. The molecule has 8 heteroatoms. The first kappa shape index (κ1) is 19.4. The second kappa shape index (κ2) is 8.23. The van der Waals surface area contributed by atoms with Gasteiger partial charge in [0.1, 0.15) is 11.4 Å². The molecule has 0 aliphatic heterocycles. The summed E-state index contributed by atoms with van der Waals surface area (Å²) in [6.07, 6.45) is 3.17. The molecule has 4 rings (SSSR count). The third kappa shape index (κ3) is 3.97. The number of aryl methyl sites for hydroxylation is 2. The summed E-state index contributed by atoms with van der Waals surface area (Å²) in [5.74, 6) is 0.148. The number of carbonyl (C=O) groups excluding carboxylic acids is 1. The highest BCUT2D eigenvalue weighted by Crippen LogP contribution is 2.28. The first-order valence-electron chi connectivity index (χ1n) is 8.97. The van der Waals surface area contributed by atoms with Gasteiger partial charge in [-0.05, 0) is 37.1 Å². The van der Waals surface area contributed by atoms with Crippen molar-refractivity contribution < 1.29 is 4.79 Å². The molecule has 6 nitrogen and oxygen atoms in total. The SMILES string of the molecule is Cc1cccc(C)c1NC(=O)CSc1ncnc2c1cnn2-c1ccccc1Cl. The van der Waals surface area contributed by atoms with Crippen LogP contribution in [-0.4, -0.2) is 31.4 Å². The van der Waals surface area contributed by atoms with Crippen molar-refractivity contribution in [2.75, 3.05) is 11.1 Å². The molecule has 0 saturated heterocycles. The number of halogens is 1. The molecule has 29 heavy (non-hydrogen) atoms. The Labute approximate surface area is 177 Å². The Kier molecular flexibility index (Phi) is 5.51. The predicted octanol–water partition coefficient (Wildman–Crippen LogP) is 4.82. The van der Waals surface area contributed by atoms with Gasteiger partial charge in [0, 0.05) is 5.69 Å². The molecule has 1 amide bonds. The summed E-state index contributed by atoms with van der Waals surface area (Å²) in [5.41, 5.74) is 4.32. The number of benzene rings is 2. The van der Waals surface area contributed by atoms with E-state index >= 15 is 0 Å². The summed E-state index contributed by atoms with van der Waals surface area (Å²) in [6, 6.07) is 13.4. The second-order valence-corrected chi connectivity index (χ2v) is 7.90. The highest BCUT2D eigenvalue weighted by molar-refractivity contribution is 8.00. The Morgan fingerprint density at radius 2 is 1.86 bits per heavy atom. The monoisotopic (exact) mass is 423 g/mol. The van der Waals surface area contributed by atoms with Gasteiger partial charge in [0.2, 0.25) is 5.91 Å². The highest BCUT2D eigenvalue weighted by Gasteiger charge is 2.15. The number of amides is 1. The van der Waals surface area contributed by atoms with E-state index in [4.69, 9.17) is 11.6 Å². The minimum absolute atomic E-state index is 0.0855. The van der Waals surface area contributed by atoms with Crippen molar-refractivity contribution in [1.82, 2.24) is 19.7 Å². The number of hydrogen-bond acceptors (Lipinski definition) is 5. The first-order chi connectivity index (χ1) is 14.0. The van der Waals surface area contributed by atoms with Crippen LogP contribution < -0.4 is 5.32 Å². The zero-order valence-corrected chi connectivity index (χ0v) is 17.5. The summed E-state index contributed by atoms with van der Waals surface area (Å²) in [5, 5.41) is 9.47. The van der Waals surface area contributed by atoms with Gasteiger partial charge in [-0.1, -0.05) is 53.7 Å². The smallest absolute Gasteiger partial charge is 0.234 e. The predicted molar refractivity (Wildman–Crippen MR) is 117 cm³/mol. The molecule has 0 fully saturated rings. The van der Waals surface area contributed by atoms with Gasteiger partial charge in [-0.15, -0.1) is 0 Å². The van der Waals surface area contributed by atoms with Gasteiger partial charge in [0.05, 0.1) is 28.0 Å². The van der Waals surface area contributed by atoms with E-state index in [1.807, 2.05) is 50.2 Å². The van der Waals surface area contributed by atoms with Crippen molar-refractivity contribution in [3.05, 3.63) is 71.1 Å². The molecule has 0 aliphatic rings. The topological polar surface area (TPSA) is 72.7 Å². The highest BCUT2D eigenvalue weighted by atomic mass is 35.5. The molecule has 2 aromatic carbocycles. The molecule has 0 radical (unpaired) electrons. The maximum absolute atomic E-state index is 12.5. The number of thioether (sulfide) groups is 1. The van der Waals surface area contributed by atoms with Crippen molar-refractivity contribution in [1.29, 1.82) is 0 Å². The Morgan fingerprint density at radius 3 is 2.62 bits per heavy atom. The molecule has 0 atom stereocenters. The Balaban J connectivity index is 1.55. The molecular formula is C21H18ClN5OS. The molecule has 1 N–H and O–H groups in total. The lowest BCUT2D eigenvalue weighted by atomic mass is 10.1. The molecule has 0 bridgehead atoms. The maximum atomic E-state index is 12.5. The number of rotatable bonds is 5. The van der Waals surface area contributed by atoms with E-state index < -0.39 is 0 Å². The van der Waals surface area contributed by atoms with Gasteiger partial charge in [-0.3, -0.25) is 4.79 Å². The summed E-state index contributed by atoms with van der Waals surface area (Å²) in [4.78, 5) is 21.2. The van der Waals surface area contributed by atoms with Gasteiger partial charge >= 0.3 is 0 Å². The molecule has 2 heterocycles. The quantitative estimate of drug-likeness (QED) is 0.368. The summed E-state index contributed by atoms with van der Waals surface area (Å²) >= 11 is 7.65. The van der Waals surface area contributed by atoms with E-state index in [0.717, 1.165) is 27.9 Å². The summed E-state index contributed by atoms with van der Waals surface area (Å²) < 4.78 is 1.68. The molecular weight excluding hydrogens is 406 g/mol. The van der Waals surface area contributed by atoms with E-state index in [0.29, 0.717) is 15.7 Å². The Hall–Kier alpha value is -2.90. The summed E-state index contributed by atoms with van der Waals surface area (Å²) in [6.45, 7) is 3.96. The van der Waals surface area contributed by atoms with Crippen molar-refractivity contribution in [2.24, 2.45) is 0 Å². The lowest BCUT2D eigenvalue weighted by molar-refractivity contribution is -0.113. The number of nitrogens with zero attached hydrogens (tertiary/aromatic N) is 4.